The SMILES string of the molecule is CCN(c1nc(C)cc(C(=O)Nc2cccc(C#N)c2)n1)C1CCS(=O)(=O)C1. The molecule has 1 N–H and O–H groups in total. The molecule has 1 atom stereocenters. The lowest BCUT2D eigenvalue weighted by Gasteiger charge is -2.27. The van der Waals surface area contributed by atoms with Crippen molar-refractivity contribution in [2.75, 3.05) is 28.3 Å². The topological polar surface area (TPSA) is 116 Å². The molecule has 1 amide bonds. The smallest absolute Gasteiger partial charge is 0.274 e. The number of nitrogens with one attached hydrogen (secondary N) is 1. The molecule has 0 radical (unpaired) electrons. The number of carbonyl (C=O) groups excluding carboxylic acids is 1. The molecule has 1 aromatic heterocycles. The maximum Gasteiger partial charge on any atom is 0.274 e. The molecule has 1 unspecified atom stereocenters. The van der Waals surface area contributed by atoms with Crippen LogP contribution in [0.2, 0.25) is 0 Å². The number of carbonyl (C=O) groups is 1. The highest BCUT2D eigenvalue weighted by molar-refractivity contribution is 7.91. The number of rotatable bonds is 5. The average molecular weight is 399 g/mol. The second kappa shape index (κ2) is 7.94. The van der Waals surface area contributed by atoms with Gasteiger partial charge in [-0.25, -0.2) is 18.4 Å². The third-order valence-electron chi connectivity index (χ3n) is 4.57. The predicted molar refractivity (Wildman–Crippen MR) is 106 cm³/mol. The van der Waals surface area contributed by atoms with Gasteiger partial charge in [0.15, 0.2) is 9.84 Å². The molecule has 0 spiro atoms. The Balaban J connectivity index is 1.86. The summed E-state index contributed by atoms with van der Waals surface area (Å²) in [5, 5.41) is 11.7. The van der Waals surface area contributed by atoms with Gasteiger partial charge in [0, 0.05) is 24.0 Å². The van der Waals surface area contributed by atoms with Crippen LogP contribution in [0.5, 0.6) is 0 Å². The summed E-state index contributed by atoms with van der Waals surface area (Å²) in [6.45, 7) is 4.20. The van der Waals surface area contributed by atoms with Crippen molar-refractivity contribution in [2.45, 2.75) is 26.3 Å². The lowest BCUT2D eigenvalue weighted by Crippen LogP contribution is -2.37. The number of hydrogen-bond donors (Lipinski definition) is 1. The van der Waals surface area contributed by atoms with Crippen LogP contribution in [0.25, 0.3) is 0 Å². The molecule has 1 aliphatic heterocycles. The molecule has 2 heterocycles. The van der Waals surface area contributed by atoms with Crippen LogP contribution in [-0.4, -0.2) is 48.4 Å². The van der Waals surface area contributed by atoms with E-state index < -0.39 is 15.7 Å². The van der Waals surface area contributed by atoms with Gasteiger partial charge in [-0.05, 0) is 44.5 Å². The van der Waals surface area contributed by atoms with Crippen LogP contribution in [0.1, 0.15) is 35.1 Å². The maximum absolute atomic E-state index is 12.7. The van der Waals surface area contributed by atoms with Crippen molar-refractivity contribution >= 4 is 27.4 Å². The van der Waals surface area contributed by atoms with E-state index in [1.165, 1.54) is 0 Å². The maximum atomic E-state index is 12.7. The molecule has 0 bridgehead atoms. The quantitative estimate of drug-likeness (QED) is 0.816. The fourth-order valence-electron chi connectivity index (χ4n) is 3.24. The van der Waals surface area contributed by atoms with Crippen molar-refractivity contribution in [3.8, 4) is 6.07 Å². The highest BCUT2D eigenvalue weighted by Gasteiger charge is 2.33. The van der Waals surface area contributed by atoms with Crippen LogP contribution in [0.4, 0.5) is 11.6 Å². The van der Waals surface area contributed by atoms with E-state index in [9.17, 15) is 13.2 Å². The molecule has 1 saturated heterocycles. The zero-order valence-corrected chi connectivity index (χ0v) is 16.5. The van der Waals surface area contributed by atoms with Gasteiger partial charge in [0.05, 0.1) is 23.1 Å². The van der Waals surface area contributed by atoms with Gasteiger partial charge in [0.1, 0.15) is 5.69 Å². The van der Waals surface area contributed by atoms with Crippen LogP contribution in [0.3, 0.4) is 0 Å². The van der Waals surface area contributed by atoms with Gasteiger partial charge in [-0.2, -0.15) is 5.26 Å². The molecule has 28 heavy (non-hydrogen) atoms. The summed E-state index contributed by atoms with van der Waals surface area (Å²) in [4.78, 5) is 23.3. The van der Waals surface area contributed by atoms with E-state index in [0.29, 0.717) is 35.9 Å². The molecule has 8 nitrogen and oxygen atoms in total. The number of amides is 1. The zero-order valence-electron chi connectivity index (χ0n) is 15.7. The number of sulfone groups is 1. The summed E-state index contributed by atoms with van der Waals surface area (Å²) < 4.78 is 23.7. The second-order valence-corrected chi connectivity index (χ2v) is 8.91. The minimum absolute atomic E-state index is 0.0701. The Morgan fingerprint density at radius 1 is 1.36 bits per heavy atom. The molecule has 2 aromatic rings. The Hall–Kier alpha value is -2.99. The number of aromatic nitrogens is 2. The summed E-state index contributed by atoms with van der Waals surface area (Å²) in [5.41, 5.74) is 1.73. The van der Waals surface area contributed by atoms with Crippen molar-refractivity contribution in [1.29, 1.82) is 5.26 Å². The first-order chi connectivity index (χ1) is 13.3. The summed E-state index contributed by atoms with van der Waals surface area (Å²) in [6.07, 6.45) is 0.524. The van der Waals surface area contributed by atoms with E-state index in [1.807, 2.05) is 17.9 Å². The molecule has 9 heteroatoms. The fraction of sp³-hybridized carbons (Fsp3) is 0.368. The molecule has 1 aliphatic rings. The minimum Gasteiger partial charge on any atom is -0.337 e. The Morgan fingerprint density at radius 2 is 2.14 bits per heavy atom. The highest BCUT2D eigenvalue weighted by Crippen LogP contribution is 2.22. The van der Waals surface area contributed by atoms with Crippen molar-refractivity contribution in [3.63, 3.8) is 0 Å². The number of hydrogen-bond acceptors (Lipinski definition) is 7. The normalized spacial score (nSPS) is 17.7. The monoisotopic (exact) mass is 399 g/mol. The third-order valence-corrected chi connectivity index (χ3v) is 6.32. The van der Waals surface area contributed by atoms with Gasteiger partial charge in [-0.1, -0.05) is 6.07 Å². The van der Waals surface area contributed by atoms with E-state index in [-0.39, 0.29) is 23.2 Å². The van der Waals surface area contributed by atoms with Gasteiger partial charge < -0.3 is 10.2 Å². The van der Waals surface area contributed by atoms with Gasteiger partial charge >= 0.3 is 0 Å². The van der Waals surface area contributed by atoms with Crippen molar-refractivity contribution in [3.05, 3.63) is 47.3 Å². The van der Waals surface area contributed by atoms with E-state index in [1.54, 1.807) is 37.3 Å². The van der Waals surface area contributed by atoms with Gasteiger partial charge in [0.25, 0.3) is 5.91 Å². The van der Waals surface area contributed by atoms with Crippen molar-refractivity contribution < 1.29 is 13.2 Å². The fourth-order valence-corrected chi connectivity index (χ4v) is 4.97. The average Bonchev–Trinajstić information content (AvgIpc) is 3.01. The zero-order chi connectivity index (χ0) is 20.3. The summed E-state index contributed by atoms with van der Waals surface area (Å²) in [7, 11) is -3.05. The van der Waals surface area contributed by atoms with E-state index in [2.05, 4.69) is 15.3 Å². The number of anilines is 2. The molecule has 3 rings (SSSR count). The molecular formula is C19H21N5O3S. The van der Waals surface area contributed by atoms with Gasteiger partial charge in [-0.15, -0.1) is 0 Å². The molecule has 0 aliphatic carbocycles. The molecule has 1 aromatic carbocycles. The van der Waals surface area contributed by atoms with E-state index in [4.69, 9.17) is 5.26 Å². The first-order valence-electron chi connectivity index (χ1n) is 8.95. The Labute approximate surface area is 164 Å². The largest absolute Gasteiger partial charge is 0.337 e. The van der Waals surface area contributed by atoms with Crippen molar-refractivity contribution in [2.24, 2.45) is 0 Å². The van der Waals surface area contributed by atoms with Gasteiger partial charge in [-0.3, -0.25) is 4.79 Å². The minimum atomic E-state index is -3.05. The third kappa shape index (κ3) is 4.46. The highest BCUT2D eigenvalue weighted by atomic mass is 32.2. The van der Waals surface area contributed by atoms with Crippen molar-refractivity contribution in [1.82, 2.24) is 9.97 Å². The summed E-state index contributed by atoms with van der Waals surface area (Å²) in [5.74, 6) is 0.154. The molecule has 1 fully saturated rings. The lowest BCUT2D eigenvalue weighted by molar-refractivity contribution is 0.102. The Morgan fingerprint density at radius 3 is 2.79 bits per heavy atom. The van der Waals surface area contributed by atoms with Crippen LogP contribution >= 0.6 is 0 Å². The van der Waals surface area contributed by atoms with Crippen LogP contribution in [-0.2, 0) is 9.84 Å². The van der Waals surface area contributed by atoms with Crippen LogP contribution in [0.15, 0.2) is 30.3 Å². The lowest BCUT2D eigenvalue weighted by atomic mass is 10.2. The molecule has 0 saturated carbocycles. The molecule has 146 valence electrons. The first-order valence-corrected chi connectivity index (χ1v) is 10.8. The standard InChI is InChI=1S/C19H21N5O3S/c1-3-24(16-7-8-28(26,27)12-16)19-21-13(2)9-17(23-19)18(25)22-15-6-4-5-14(10-15)11-20/h4-6,9-10,16H,3,7-8,12H2,1-2H3,(H,22,25). The number of nitrogens with zero attached hydrogens (tertiary/aromatic N) is 4. The summed E-state index contributed by atoms with van der Waals surface area (Å²) >= 11 is 0. The first kappa shape index (κ1) is 19.8. The number of aryl methyl sites for hydroxylation is 1. The summed E-state index contributed by atoms with van der Waals surface area (Å²) in [6, 6.07) is 10.0. The van der Waals surface area contributed by atoms with Gasteiger partial charge in [0.2, 0.25) is 5.95 Å². The van der Waals surface area contributed by atoms with E-state index in [0.717, 1.165) is 0 Å². The Bertz CT molecular complexity index is 1050. The van der Waals surface area contributed by atoms with Crippen LogP contribution in [0, 0.1) is 18.3 Å². The van der Waals surface area contributed by atoms with E-state index >= 15 is 0 Å². The van der Waals surface area contributed by atoms with Crippen LogP contribution < -0.4 is 10.2 Å². The number of benzene rings is 1. The molecular weight excluding hydrogens is 378 g/mol. The predicted octanol–water partition coefficient (Wildman–Crippen LogP) is 1.92. The Kier molecular flexibility index (Phi) is 5.61. The second-order valence-electron chi connectivity index (χ2n) is 6.68. The number of nitriles is 1.